The second-order valence-corrected chi connectivity index (χ2v) is 6.53. The number of ether oxygens (including phenoxy) is 1. The number of halogens is 3. The third-order valence-electron chi connectivity index (χ3n) is 3.03. The van der Waals surface area contributed by atoms with Crippen LogP contribution in [0.15, 0.2) is 23.1 Å². The number of benzene rings is 1. The Hall–Kier alpha value is -1.65. The molecule has 122 valence electrons. The van der Waals surface area contributed by atoms with Gasteiger partial charge in [-0.15, -0.1) is 0 Å². The van der Waals surface area contributed by atoms with Crippen LogP contribution < -0.4 is 4.72 Å². The lowest BCUT2D eigenvalue weighted by Crippen LogP contribution is -2.32. The van der Waals surface area contributed by atoms with E-state index < -0.39 is 63.9 Å². The van der Waals surface area contributed by atoms with Crippen molar-refractivity contribution in [1.29, 1.82) is 0 Å². The number of carboxylic acids is 1. The van der Waals surface area contributed by atoms with Gasteiger partial charge in [-0.25, -0.2) is 31.1 Å². The van der Waals surface area contributed by atoms with Crippen molar-refractivity contribution in [3.05, 3.63) is 29.6 Å². The molecule has 10 heteroatoms. The third-order valence-corrected chi connectivity index (χ3v) is 4.48. The Bertz CT molecular complexity index is 692. The average molecular weight is 339 g/mol. The van der Waals surface area contributed by atoms with Crippen molar-refractivity contribution in [2.75, 3.05) is 13.2 Å². The second kappa shape index (κ2) is 5.86. The van der Waals surface area contributed by atoms with Crippen LogP contribution in [-0.2, 0) is 14.8 Å². The normalized spacial score (nSPS) is 21.0. The lowest BCUT2D eigenvalue weighted by Gasteiger charge is -2.12. The maximum absolute atomic E-state index is 13.7. The van der Waals surface area contributed by atoms with Gasteiger partial charge in [0.05, 0.1) is 11.7 Å². The minimum absolute atomic E-state index is 0.407. The quantitative estimate of drug-likeness (QED) is 0.842. The molecule has 1 aliphatic rings. The van der Waals surface area contributed by atoms with Crippen LogP contribution in [0.4, 0.5) is 13.2 Å². The Morgan fingerprint density at radius 1 is 1.45 bits per heavy atom. The molecule has 1 unspecified atom stereocenters. The van der Waals surface area contributed by atoms with E-state index in [0.29, 0.717) is 6.07 Å². The molecule has 0 aliphatic carbocycles. The third kappa shape index (κ3) is 3.76. The lowest BCUT2D eigenvalue weighted by atomic mass is 10.2. The number of carbonyl (C=O) groups is 1. The first kappa shape index (κ1) is 16.7. The number of rotatable bonds is 5. The highest BCUT2D eigenvalue weighted by Gasteiger charge is 2.41. The van der Waals surface area contributed by atoms with Crippen LogP contribution in [0.1, 0.15) is 16.8 Å². The van der Waals surface area contributed by atoms with Gasteiger partial charge in [-0.1, -0.05) is 0 Å². The largest absolute Gasteiger partial charge is 0.478 e. The number of aromatic carboxylic acids is 1. The van der Waals surface area contributed by atoms with Crippen molar-refractivity contribution in [3.8, 4) is 0 Å². The van der Waals surface area contributed by atoms with Crippen molar-refractivity contribution in [3.63, 3.8) is 0 Å². The Labute approximate surface area is 123 Å². The van der Waals surface area contributed by atoms with E-state index in [0.717, 1.165) is 12.1 Å². The van der Waals surface area contributed by atoms with Gasteiger partial charge in [-0.05, 0) is 18.2 Å². The molecular weight excluding hydrogens is 327 g/mol. The first-order chi connectivity index (χ1) is 10.1. The van der Waals surface area contributed by atoms with E-state index in [-0.39, 0.29) is 0 Å². The van der Waals surface area contributed by atoms with Crippen molar-refractivity contribution in [2.24, 2.45) is 0 Å². The summed E-state index contributed by atoms with van der Waals surface area (Å²) < 4.78 is 70.0. The summed E-state index contributed by atoms with van der Waals surface area (Å²) in [4.78, 5) is 9.89. The van der Waals surface area contributed by atoms with E-state index in [1.165, 1.54) is 0 Å². The minimum Gasteiger partial charge on any atom is -0.478 e. The predicted octanol–water partition coefficient (Wildman–Crippen LogP) is 1.23. The average Bonchev–Trinajstić information content (AvgIpc) is 2.75. The van der Waals surface area contributed by atoms with E-state index in [4.69, 9.17) is 9.84 Å². The second-order valence-electron chi connectivity index (χ2n) is 4.80. The zero-order valence-corrected chi connectivity index (χ0v) is 11.9. The molecule has 1 heterocycles. The summed E-state index contributed by atoms with van der Waals surface area (Å²) in [6.45, 7) is -1.22. The Kier molecular flexibility index (Phi) is 4.45. The molecule has 1 aromatic rings. The fourth-order valence-corrected chi connectivity index (χ4v) is 3.08. The standard InChI is InChI=1S/C12H12F3NO5S/c13-9-3-7(11(17)18)1-2-10(9)22(19,20)16-5-8-4-12(14,15)6-21-8/h1-3,8,16H,4-6H2,(H,17,18). The molecule has 0 saturated carbocycles. The van der Waals surface area contributed by atoms with E-state index in [1.54, 1.807) is 0 Å². The number of hydrogen-bond acceptors (Lipinski definition) is 4. The molecule has 6 nitrogen and oxygen atoms in total. The number of sulfonamides is 1. The van der Waals surface area contributed by atoms with Crippen LogP contribution in [-0.4, -0.2) is 44.7 Å². The molecule has 1 fully saturated rings. The van der Waals surface area contributed by atoms with Gasteiger partial charge in [0.2, 0.25) is 10.0 Å². The molecule has 0 bridgehead atoms. The molecule has 1 saturated heterocycles. The molecule has 22 heavy (non-hydrogen) atoms. The lowest BCUT2D eigenvalue weighted by molar-refractivity contribution is -0.00981. The number of nitrogens with one attached hydrogen (secondary N) is 1. The van der Waals surface area contributed by atoms with Crippen LogP contribution in [0, 0.1) is 5.82 Å². The summed E-state index contributed by atoms with van der Waals surface area (Å²) >= 11 is 0. The number of carboxylic acid groups (broad SMARTS) is 1. The fraction of sp³-hybridized carbons (Fsp3) is 0.417. The predicted molar refractivity (Wildman–Crippen MR) is 67.9 cm³/mol. The van der Waals surface area contributed by atoms with Crippen LogP contribution in [0.5, 0.6) is 0 Å². The van der Waals surface area contributed by atoms with Gasteiger partial charge < -0.3 is 9.84 Å². The summed E-state index contributed by atoms with van der Waals surface area (Å²) in [6.07, 6.45) is -1.64. The van der Waals surface area contributed by atoms with Gasteiger partial charge in [0.15, 0.2) is 0 Å². The van der Waals surface area contributed by atoms with Crippen LogP contribution in [0.2, 0.25) is 0 Å². The Morgan fingerprint density at radius 3 is 2.64 bits per heavy atom. The van der Waals surface area contributed by atoms with Crippen molar-refractivity contribution in [2.45, 2.75) is 23.3 Å². The first-order valence-electron chi connectivity index (χ1n) is 6.13. The molecular formula is C12H12F3NO5S. The summed E-state index contributed by atoms with van der Waals surface area (Å²) in [5.41, 5.74) is -0.407. The fourth-order valence-electron chi connectivity index (χ4n) is 1.95. The molecule has 2 N–H and O–H groups in total. The molecule has 1 aliphatic heterocycles. The van der Waals surface area contributed by atoms with Crippen LogP contribution in [0.25, 0.3) is 0 Å². The highest BCUT2D eigenvalue weighted by atomic mass is 32.2. The Morgan fingerprint density at radius 2 is 2.14 bits per heavy atom. The number of alkyl halides is 2. The molecule has 2 rings (SSSR count). The summed E-state index contributed by atoms with van der Waals surface area (Å²) in [6, 6.07) is 2.29. The van der Waals surface area contributed by atoms with Gasteiger partial charge in [0.1, 0.15) is 17.3 Å². The highest BCUT2D eigenvalue weighted by molar-refractivity contribution is 7.89. The SMILES string of the molecule is O=C(O)c1ccc(S(=O)(=O)NCC2CC(F)(F)CO2)c(F)c1. The maximum atomic E-state index is 13.7. The summed E-state index contributed by atoms with van der Waals surface area (Å²) in [5.74, 6) is -5.66. The van der Waals surface area contributed by atoms with E-state index >= 15 is 0 Å². The van der Waals surface area contributed by atoms with E-state index in [2.05, 4.69) is 0 Å². The molecule has 0 amide bonds. The van der Waals surface area contributed by atoms with E-state index in [9.17, 15) is 26.4 Å². The van der Waals surface area contributed by atoms with Crippen LogP contribution in [0.3, 0.4) is 0 Å². The van der Waals surface area contributed by atoms with Crippen molar-refractivity contribution >= 4 is 16.0 Å². The maximum Gasteiger partial charge on any atom is 0.335 e. The highest BCUT2D eigenvalue weighted by Crippen LogP contribution is 2.29. The zero-order chi connectivity index (χ0) is 16.5. The van der Waals surface area contributed by atoms with Crippen LogP contribution >= 0.6 is 0 Å². The monoisotopic (exact) mass is 339 g/mol. The Balaban J connectivity index is 2.09. The number of hydrogen-bond donors (Lipinski definition) is 2. The molecule has 0 spiro atoms. The zero-order valence-electron chi connectivity index (χ0n) is 11.1. The van der Waals surface area contributed by atoms with Crippen molar-refractivity contribution in [1.82, 2.24) is 4.72 Å². The van der Waals surface area contributed by atoms with Gasteiger partial charge in [-0.3, -0.25) is 0 Å². The van der Waals surface area contributed by atoms with Gasteiger partial charge in [0, 0.05) is 13.0 Å². The molecule has 0 radical (unpaired) electrons. The first-order valence-corrected chi connectivity index (χ1v) is 7.61. The molecule has 0 aromatic heterocycles. The van der Waals surface area contributed by atoms with Crippen molar-refractivity contribution < 1.29 is 36.2 Å². The summed E-state index contributed by atoms with van der Waals surface area (Å²) in [7, 11) is -4.30. The van der Waals surface area contributed by atoms with Gasteiger partial charge in [-0.2, -0.15) is 0 Å². The van der Waals surface area contributed by atoms with Gasteiger partial charge in [0.25, 0.3) is 5.92 Å². The minimum atomic E-state index is -4.30. The van der Waals surface area contributed by atoms with E-state index in [1.807, 2.05) is 4.72 Å². The van der Waals surface area contributed by atoms with Gasteiger partial charge >= 0.3 is 5.97 Å². The smallest absolute Gasteiger partial charge is 0.335 e. The molecule has 1 aromatic carbocycles. The topological polar surface area (TPSA) is 92.7 Å². The summed E-state index contributed by atoms with van der Waals surface area (Å²) in [5, 5.41) is 8.68. The molecule has 1 atom stereocenters.